The number of allylic oxidation sites excluding steroid dienone is 3. The molecule has 0 unspecified atom stereocenters. The van der Waals surface area contributed by atoms with Crippen molar-refractivity contribution in [3.63, 3.8) is 0 Å². The van der Waals surface area contributed by atoms with Gasteiger partial charge in [0.1, 0.15) is 0 Å². The molecule has 0 fully saturated rings. The quantitative estimate of drug-likeness (QED) is 0.679. The Morgan fingerprint density at radius 3 is 2.45 bits per heavy atom. The Morgan fingerprint density at radius 1 is 1.20 bits per heavy atom. The first-order valence-corrected chi connectivity index (χ1v) is 6.86. The van der Waals surface area contributed by atoms with E-state index in [0.29, 0.717) is 0 Å². The largest absolute Gasteiger partial charge is 0.427 e. The topological polar surface area (TPSA) is 18.8 Å². The molecule has 0 aliphatic heterocycles. The number of anilines is 1. The molecule has 20 heavy (non-hydrogen) atoms. The Bertz CT molecular complexity index is 589. The molecule has 0 aromatic heterocycles. The van der Waals surface area contributed by atoms with Crippen molar-refractivity contribution in [2.45, 2.75) is 11.3 Å². The molecule has 1 aliphatic carbocycles. The first-order chi connectivity index (χ1) is 9.47. The lowest BCUT2D eigenvalue weighted by atomic mass is 10.1. The van der Waals surface area contributed by atoms with Crippen molar-refractivity contribution in [3.8, 4) is 0 Å². The minimum atomic E-state index is 0.822. The highest BCUT2D eigenvalue weighted by atomic mass is 32.1. The number of thiol groups is 1. The lowest BCUT2D eigenvalue weighted by Crippen LogP contribution is -2.12. The summed E-state index contributed by atoms with van der Waals surface area (Å²) in [4.78, 5) is 9.11. The fraction of sp³-hybridized carbons (Fsp3) is 0.267. The van der Waals surface area contributed by atoms with Gasteiger partial charge < -0.3 is 9.71 Å². The average molecular weight is 283 g/mol. The van der Waals surface area contributed by atoms with Crippen LogP contribution in [0.1, 0.15) is 6.42 Å². The van der Waals surface area contributed by atoms with Crippen LogP contribution in [0.5, 0.6) is 0 Å². The highest BCUT2D eigenvalue weighted by molar-refractivity contribution is 7.80. The summed E-state index contributed by atoms with van der Waals surface area (Å²) in [5, 5.41) is 0. The molecule has 1 aromatic rings. The van der Waals surface area contributed by atoms with Crippen molar-refractivity contribution in [1.82, 2.24) is 4.90 Å². The zero-order valence-electron chi connectivity index (χ0n) is 12.0. The van der Waals surface area contributed by atoms with Gasteiger partial charge in [0.15, 0.2) is 0 Å². The van der Waals surface area contributed by atoms with Crippen molar-refractivity contribution in [2.24, 2.45) is 4.99 Å². The van der Waals surface area contributed by atoms with Gasteiger partial charge in [-0.2, -0.15) is 0 Å². The van der Waals surface area contributed by atoms with Gasteiger partial charge in [-0.3, -0.25) is 4.99 Å². The molecule has 5 heteroatoms. The minimum Gasteiger partial charge on any atom is -0.427 e. The van der Waals surface area contributed by atoms with Crippen molar-refractivity contribution in [2.75, 3.05) is 26.0 Å². The molecule has 0 N–H and O–H groups in total. The standard InChI is InChI=1S/C15H18BN3S/c1-18(2)12-6-4-11(5-7-12)17-14-9-8-13(19(3)16)10-15(14)20/h4,6-10,20H,5H2,1-3H3. The minimum absolute atomic E-state index is 0.822. The number of likely N-dealkylation sites (N-methyl/N-ethyl adjacent to an activating group) is 1. The van der Waals surface area contributed by atoms with Gasteiger partial charge in [-0.1, -0.05) is 6.08 Å². The fourth-order valence-electron chi connectivity index (χ4n) is 1.92. The average Bonchev–Trinajstić information content (AvgIpc) is 2.41. The summed E-state index contributed by atoms with van der Waals surface area (Å²) in [6, 6.07) is 5.79. The molecule has 102 valence electrons. The second-order valence-corrected chi connectivity index (χ2v) is 5.43. The molecular weight excluding hydrogens is 265 g/mol. The van der Waals surface area contributed by atoms with Gasteiger partial charge in [0.05, 0.1) is 5.69 Å². The van der Waals surface area contributed by atoms with E-state index in [-0.39, 0.29) is 0 Å². The van der Waals surface area contributed by atoms with E-state index in [1.54, 1.807) is 11.9 Å². The molecule has 0 saturated heterocycles. The molecule has 1 aliphatic rings. The predicted octanol–water partition coefficient (Wildman–Crippen LogP) is 2.97. The molecule has 2 rings (SSSR count). The molecule has 0 bridgehead atoms. The van der Waals surface area contributed by atoms with Crippen molar-refractivity contribution in [1.29, 1.82) is 0 Å². The van der Waals surface area contributed by atoms with Gasteiger partial charge in [-0.15, -0.1) is 12.6 Å². The van der Waals surface area contributed by atoms with Crippen LogP contribution < -0.4 is 4.81 Å². The number of aliphatic imine (C=N–C) groups is 1. The van der Waals surface area contributed by atoms with Crippen molar-refractivity contribution >= 4 is 37.7 Å². The van der Waals surface area contributed by atoms with Crippen molar-refractivity contribution < 1.29 is 0 Å². The smallest absolute Gasteiger partial charge is 0.226 e. The van der Waals surface area contributed by atoms with Crippen LogP contribution in [-0.4, -0.2) is 39.7 Å². The van der Waals surface area contributed by atoms with E-state index in [9.17, 15) is 0 Å². The van der Waals surface area contributed by atoms with Gasteiger partial charge in [0, 0.05) is 42.5 Å². The zero-order chi connectivity index (χ0) is 14.7. The summed E-state index contributed by atoms with van der Waals surface area (Å²) in [5.41, 5.74) is 4.00. The Kier molecular flexibility index (Phi) is 4.60. The van der Waals surface area contributed by atoms with E-state index in [2.05, 4.69) is 34.7 Å². The van der Waals surface area contributed by atoms with E-state index in [4.69, 9.17) is 7.98 Å². The molecule has 0 heterocycles. The van der Waals surface area contributed by atoms with Crippen LogP contribution in [0.2, 0.25) is 0 Å². The normalized spacial score (nSPS) is 16.2. The van der Waals surface area contributed by atoms with Gasteiger partial charge in [-0.05, 0) is 37.4 Å². The first kappa shape index (κ1) is 14.8. The monoisotopic (exact) mass is 283 g/mol. The first-order valence-electron chi connectivity index (χ1n) is 6.42. The molecule has 0 amide bonds. The molecule has 2 radical (unpaired) electrons. The summed E-state index contributed by atoms with van der Waals surface area (Å²) in [5.74, 6) is 0. The van der Waals surface area contributed by atoms with E-state index in [0.717, 1.165) is 28.4 Å². The van der Waals surface area contributed by atoms with Gasteiger partial charge in [0.2, 0.25) is 7.98 Å². The van der Waals surface area contributed by atoms with Gasteiger partial charge in [0.25, 0.3) is 0 Å². The number of benzene rings is 1. The van der Waals surface area contributed by atoms with Crippen molar-refractivity contribution in [3.05, 3.63) is 42.1 Å². The molecule has 0 saturated carbocycles. The highest BCUT2D eigenvalue weighted by Crippen LogP contribution is 2.28. The van der Waals surface area contributed by atoms with Crippen LogP contribution in [-0.2, 0) is 0 Å². The number of hydrogen-bond donors (Lipinski definition) is 1. The number of rotatable bonds is 3. The lowest BCUT2D eigenvalue weighted by molar-refractivity contribution is 0.527. The second-order valence-electron chi connectivity index (χ2n) is 4.95. The maximum Gasteiger partial charge on any atom is 0.226 e. The maximum absolute atomic E-state index is 5.70. The fourth-order valence-corrected chi connectivity index (χ4v) is 2.18. The third kappa shape index (κ3) is 3.48. The summed E-state index contributed by atoms with van der Waals surface area (Å²) in [7, 11) is 11.6. The zero-order valence-corrected chi connectivity index (χ0v) is 12.9. The second kappa shape index (κ2) is 6.22. The summed E-state index contributed by atoms with van der Waals surface area (Å²) in [6.07, 6.45) is 7.11. The summed E-state index contributed by atoms with van der Waals surface area (Å²) in [6.45, 7) is 0. The summed E-state index contributed by atoms with van der Waals surface area (Å²) < 4.78 is 0. The number of hydrogen-bond acceptors (Lipinski definition) is 4. The molecule has 1 aromatic carbocycles. The van der Waals surface area contributed by atoms with Crippen LogP contribution in [0.15, 0.2) is 52.0 Å². The SMILES string of the molecule is [B]N(C)c1ccc(N=C2C=CC(N(C)C)=CC2)c(S)c1. The Morgan fingerprint density at radius 2 is 1.95 bits per heavy atom. The van der Waals surface area contributed by atoms with Crippen LogP contribution in [0.25, 0.3) is 0 Å². The van der Waals surface area contributed by atoms with E-state index in [1.807, 2.05) is 38.4 Å². The van der Waals surface area contributed by atoms with Crippen LogP contribution in [0.4, 0.5) is 11.4 Å². The third-order valence-corrected chi connectivity index (χ3v) is 3.47. The summed E-state index contributed by atoms with van der Waals surface area (Å²) >= 11 is 4.48. The van der Waals surface area contributed by atoms with Gasteiger partial charge in [-0.25, -0.2) is 0 Å². The Balaban J connectivity index is 2.19. The predicted molar refractivity (Wildman–Crippen MR) is 90.5 cm³/mol. The molecule has 0 spiro atoms. The Labute approximate surface area is 127 Å². The lowest BCUT2D eigenvalue weighted by Gasteiger charge is -2.17. The number of nitrogens with zero attached hydrogens (tertiary/aromatic N) is 3. The van der Waals surface area contributed by atoms with Crippen LogP contribution >= 0.6 is 12.6 Å². The molecule has 3 nitrogen and oxygen atoms in total. The van der Waals surface area contributed by atoms with E-state index < -0.39 is 0 Å². The van der Waals surface area contributed by atoms with E-state index in [1.165, 1.54) is 5.70 Å². The van der Waals surface area contributed by atoms with Gasteiger partial charge >= 0.3 is 0 Å². The third-order valence-electron chi connectivity index (χ3n) is 3.11. The highest BCUT2D eigenvalue weighted by Gasteiger charge is 2.06. The molecule has 0 atom stereocenters. The van der Waals surface area contributed by atoms with Crippen LogP contribution in [0, 0.1) is 0 Å². The van der Waals surface area contributed by atoms with E-state index >= 15 is 0 Å². The van der Waals surface area contributed by atoms with Crippen LogP contribution in [0.3, 0.4) is 0 Å². The maximum atomic E-state index is 5.70. The molecular formula is C15H18BN3S. The Hall–Kier alpha value is -1.62.